The molecule has 0 bridgehead atoms. The molecule has 0 atom stereocenters. The van der Waals surface area contributed by atoms with E-state index >= 15 is 0 Å². The van der Waals surface area contributed by atoms with E-state index in [2.05, 4.69) is 58.8 Å². The summed E-state index contributed by atoms with van der Waals surface area (Å²) in [5.74, 6) is 1.65. The standard InChI is InChI=1S/C21H30N4O.HI/c1-5-25(3)16-19-8-6-7-18(13-19)15-24-21(22-2)23-14-17-9-11-20(26-4)12-10-17;/h6-13H,5,14-16H2,1-4H3,(H2,22,23,24);1H. The molecular weight excluding hydrogens is 451 g/mol. The lowest BCUT2D eigenvalue weighted by molar-refractivity contribution is 0.345. The second-order valence-corrected chi connectivity index (χ2v) is 6.28. The minimum atomic E-state index is 0. The molecule has 0 saturated carbocycles. The predicted molar refractivity (Wildman–Crippen MR) is 124 cm³/mol. The van der Waals surface area contributed by atoms with Gasteiger partial charge in [-0.15, -0.1) is 24.0 Å². The summed E-state index contributed by atoms with van der Waals surface area (Å²) < 4.78 is 5.18. The van der Waals surface area contributed by atoms with Crippen LogP contribution < -0.4 is 15.4 Å². The first-order valence-electron chi connectivity index (χ1n) is 8.98. The van der Waals surface area contributed by atoms with Crippen LogP contribution in [0.2, 0.25) is 0 Å². The molecule has 0 unspecified atom stereocenters. The molecule has 2 N–H and O–H groups in total. The van der Waals surface area contributed by atoms with E-state index in [9.17, 15) is 0 Å². The molecule has 0 spiro atoms. The highest BCUT2D eigenvalue weighted by Gasteiger charge is 2.02. The van der Waals surface area contributed by atoms with Gasteiger partial charge in [-0.3, -0.25) is 4.99 Å². The molecule has 0 saturated heterocycles. The Balaban J connectivity index is 0.00000364. The number of nitrogens with zero attached hydrogens (tertiary/aromatic N) is 2. The maximum absolute atomic E-state index is 5.18. The van der Waals surface area contributed by atoms with Crippen LogP contribution >= 0.6 is 24.0 Å². The number of ether oxygens (including phenoxy) is 1. The second-order valence-electron chi connectivity index (χ2n) is 6.28. The molecule has 27 heavy (non-hydrogen) atoms. The molecule has 2 rings (SSSR count). The number of hydrogen-bond acceptors (Lipinski definition) is 3. The third-order valence-electron chi connectivity index (χ3n) is 4.29. The zero-order chi connectivity index (χ0) is 18.8. The van der Waals surface area contributed by atoms with Gasteiger partial charge in [-0.05, 0) is 42.4 Å². The first-order valence-corrected chi connectivity index (χ1v) is 8.98. The van der Waals surface area contributed by atoms with Crippen molar-refractivity contribution in [3.05, 3.63) is 65.2 Å². The van der Waals surface area contributed by atoms with E-state index in [0.29, 0.717) is 6.54 Å². The highest BCUT2D eigenvalue weighted by molar-refractivity contribution is 14.0. The van der Waals surface area contributed by atoms with E-state index in [1.807, 2.05) is 24.3 Å². The molecule has 0 fully saturated rings. The third kappa shape index (κ3) is 8.17. The summed E-state index contributed by atoms with van der Waals surface area (Å²) in [7, 11) is 5.60. The van der Waals surface area contributed by atoms with Gasteiger partial charge >= 0.3 is 0 Å². The second kappa shape index (κ2) is 12.6. The minimum Gasteiger partial charge on any atom is -0.497 e. The molecule has 2 aromatic carbocycles. The number of guanidine groups is 1. The molecule has 5 nitrogen and oxygen atoms in total. The number of nitrogens with one attached hydrogen (secondary N) is 2. The first kappa shape index (κ1) is 23.2. The normalized spacial score (nSPS) is 11.1. The quantitative estimate of drug-likeness (QED) is 0.343. The summed E-state index contributed by atoms with van der Waals surface area (Å²) in [5.41, 5.74) is 3.76. The molecule has 0 radical (unpaired) electrons. The molecule has 148 valence electrons. The molecule has 0 aliphatic carbocycles. The van der Waals surface area contributed by atoms with Crippen molar-refractivity contribution in [2.75, 3.05) is 27.7 Å². The SMILES string of the molecule is CCN(C)Cc1cccc(CNC(=NC)NCc2ccc(OC)cc2)c1.I. The number of halogens is 1. The van der Waals surface area contributed by atoms with Crippen LogP contribution in [0.1, 0.15) is 23.6 Å². The summed E-state index contributed by atoms with van der Waals surface area (Å²) in [5, 5.41) is 6.71. The van der Waals surface area contributed by atoms with Crippen molar-refractivity contribution in [2.24, 2.45) is 4.99 Å². The monoisotopic (exact) mass is 482 g/mol. The van der Waals surface area contributed by atoms with Crippen LogP contribution in [0, 0.1) is 0 Å². The summed E-state index contributed by atoms with van der Waals surface area (Å²) in [6.45, 7) is 5.64. The molecule has 0 aliphatic rings. The lowest BCUT2D eigenvalue weighted by Crippen LogP contribution is -2.36. The fourth-order valence-corrected chi connectivity index (χ4v) is 2.60. The number of methoxy groups -OCH3 is 1. The lowest BCUT2D eigenvalue weighted by atomic mass is 10.1. The van der Waals surface area contributed by atoms with Crippen LogP contribution in [0.4, 0.5) is 0 Å². The van der Waals surface area contributed by atoms with E-state index in [0.717, 1.165) is 31.3 Å². The van der Waals surface area contributed by atoms with Crippen molar-refractivity contribution >= 4 is 29.9 Å². The summed E-state index contributed by atoms with van der Waals surface area (Å²) in [4.78, 5) is 6.59. The number of rotatable bonds is 8. The van der Waals surface area contributed by atoms with Crippen LogP contribution in [-0.2, 0) is 19.6 Å². The lowest BCUT2D eigenvalue weighted by Gasteiger charge is -2.15. The van der Waals surface area contributed by atoms with E-state index < -0.39 is 0 Å². The summed E-state index contributed by atoms with van der Waals surface area (Å²) in [6.07, 6.45) is 0. The van der Waals surface area contributed by atoms with Crippen LogP contribution in [0.15, 0.2) is 53.5 Å². The van der Waals surface area contributed by atoms with Gasteiger partial charge in [-0.2, -0.15) is 0 Å². The van der Waals surface area contributed by atoms with Crippen molar-refractivity contribution in [3.63, 3.8) is 0 Å². The van der Waals surface area contributed by atoms with Gasteiger partial charge in [0.25, 0.3) is 0 Å². The van der Waals surface area contributed by atoms with Crippen LogP contribution in [0.3, 0.4) is 0 Å². The molecule has 6 heteroatoms. The van der Waals surface area contributed by atoms with Crippen molar-refractivity contribution < 1.29 is 4.74 Å². The first-order chi connectivity index (χ1) is 12.6. The zero-order valence-electron chi connectivity index (χ0n) is 16.7. The maximum atomic E-state index is 5.18. The largest absolute Gasteiger partial charge is 0.497 e. The Bertz CT molecular complexity index is 704. The average molecular weight is 482 g/mol. The van der Waals surface area contributed by atoms with Crippen LogP contribution in [-0.4, -0.2) is 38.6 Å². The van der Waals surface area contributed by atoms with Gasteiger partial charge in [-0.25, -0.2) is 0 Å². The number of aliphatic imine (C=N–C) groups is 1. The van der Waals surface area contributed by atoms with E-state index in [1.54, 1.807) is 14.2 Å². The Hall–Kier alpha value is -1.80. The van der Waals surface area contributed by atoms with Gasteiger partial charge < -0.3 is 20.3 Å². The fourth-order valence-electron chi connectivity index (χ4n) is 2.60. The topological polar surface area (TPSA) is 48.9 Å². The van der Waals surface area contributed by atoms with Gasteiger partial charge in [0.1, 0.15) is 5.75 Å². The van der Waals surface area contributed by atoms with Crippen molar-refractivity contribution in [3.8, 4) is 5.75 Å². The van der Waals surface area contributed by atoms with E-state index in [-0.39, 0.29) is 24.0 Å². The van der Waals surface area contributed by atoms with Gasteiger partial charge in [0, 0.05) is 26.7 Å². The van der Waals surface area contributed by atoms with Gasteiger partial charge in [0.15, 0.2) is 5.96 Å². The molecule has 2 aromatic rings. The molecule has 0 amide bonds. The van der Waals surface area contributed by atoms with Crippen molar-refractivity contribution in [1.82, 2.24) is 15.5 Å². The molecule has 0 aromatic heterocycles. The van der Waals surface area contributed by atoms with Gasteiger partial charge in [0.2, 0.25) is 0 Å². The van der Waals surface area contributed by atoms with Crippen LogP contribution in [0.25, 0.3) is 0 Å². The van der Waals surface area contributed by atoms with Crippen LogP contribution in [0.5, 0.6) is 5.75 Å². The van der Waals surface area contributed by atoms with Gasteiger partial charge in [-0.1, -0.05) is 43.3 Å². The molecule has 0 heterocycles. The maximum Gasteiger partial charge on any atom is 0.191 e. The average Bonchev–Trinajstić information content (AvgIpc) is 2.68. The Morgan fingerprint density at radius 3 is 2.22 bits per heavy atom. The van der Waals surface area contributed by atoms with E-state index in [1.165, 1.54) is 16.7 Å². The Labute approximate surface area is 180 Å². The Kier molecular flexibility index (Phi) is 10.8. The zero-order valence-corrected chi connectivity index (χ0v) is 19.0. The smallest absolute Gasteiger partial charge is 0.191 e. The minimum absolute atomic E-state index is 0. The highest BCUT2D eigenvalue weighted by atomic mass is 127. The van der Waals surface area contributed by atoms with Crippen molar-refractivity contribution in [1.29, 1.82) is 0 Å². The van der Waals surface area contributed by atoms with Gasteiger partial charge in [0.05, 0.1) is 7.11 Å². The highest BCUT2D eigenvalue weighted by Crippen LogP contribution is 2.11. The molecule has 0 aliphatic heterocycles. The molecular formula is C21H31IN4O. The fraction of sp³-hybridized carbons (Fsp3) is 0.381. The Morgan fingerprint density at radius 2 is 1.63 bits per heavy atom. The Morgan fingerprint density at radius 1 is 1.00 bits per heavy atom. The van der Waals surface area contributed by atoms with E-state index in [4.69, 9.17) is 4.74 Å². The summed E-state index contributed by atoms with van der Waals surface area (Å²) >= 11 is 0. The third-order valence-corrected chi connectivity index (χ3v) is 4.29. The predicted octanol–water partition coefficient (Wildman–Crippen LogP) is 3.63. The number of hydrogen-bond donors (Lipinski definition) is 2. The number of benzene rings is 2. The summed E-state index contributed by atoms with van der Waals surface area (Å²) in [6, 6.07) is 16.7. The van der Waals surface area contributed by atoms with Crippen molar-refractivity contribution in [2.45, 2.75) is 26.6 Å².